The van der Waals surface area contributed by atoms with E-state index in [0.29, 0.717) is 11.4 Å². The predicted molar refractivity (Wildman–Crippen MR) is 122 cm³/mol. The maximum absolute atomic E-state index is 12.6. The normalized spacial score (nSPS) is 10.8. The number of carbonyl (C=O) groups is 2. The fourth-order valence-corrected chi connectivity index (χ4v) is 3.90. The molecule has 3 N–H and O–H groups in total. The summed E-state index contributed by atoms with van der Waals surface area (Å²) in [5.41, 5.74) is 1.47. The van der Waals surface area contributed by atoms with Gasteiger partial charge in [0, 0.05) is 31.2 Å². The molecule has 0 aromatic heterocycles. The molecule has 0 fully saturated rings. The van der Waals surface area contributed by atoms with E-state index in [2.05, 4.69) is 10.6 Å². The van der Waals surface area contributed by atoms with Crippen LogP contribution in [0.15, 0.2) is 77.7 Å². The van der Waals surface area contributed by atoms with E-state index < -0.39 is 20.9 Å². The maximum Gasteiger partial charge on any atom is 0.269 e. The minimum Gasteiger partial charge on any atom is -0.379 e. The second kappa shape index (κ2) is 9.92. The topological polar surface area (TPSA) is 148 Å². The van der Waals surface area contributed by atoms with Crippen LogP contribution in [-0.2, 0) is 21.4 Å². The van der Waals surface area contributed by atoms with E-state index in [-0.39, 0.29) is 28.6 Å². The van der Waals surface area contributed by atoms with Gasteiger partial charge in [-0.05, 0) is 35.9 Å². The van der Waals surface area contributed by atoms with Gasteiger partial charge in [-0.15, -0.1) is 0 Å². The lowest BCUT2D eigenvalue weighted by Gasteiger charge is -2.14. The van der Waals surface area contributed by atoms with Crippen LogP contribution in [0.1, 0.15) is 22.8 Å². The number of rotatable bonds is 8. The Labute approximate surface area is 189 Å². The second-order valence-corrected chi connectivity index (χ2v) is 8.65. The van der Waals surface area contributed by atoms with Crippen molar-refractivity contribution in [3.63, 3.8) is 0 Å². The van der Waals surface area contributed by atoms with Gasteiger partial charge in [-0.25, -0.2) is 13.1 Å². The first-order valence-electron chi connectivity index (χ1n) is 9.67. The molecule has 0 bridgehead atoms. The third-order valence-electron chi connectivity index (χ3n) is 4.50. The molecule has 3 aromatic rings. The van der Waals surface area contributed by atoms with Crippen LogP contribution in [0.5, 0.6) is 0 Å². The summed E-state index contributed by atoms with van der Waals surface area (Å²) in [6.45, 7) is 1.56. The van der Waals surface area contributed by atoms with Gasteiger partial charge in [0.1, 0.15) is 0 Å². The summed E-state index contributed by atoms with van der Waals surface area (Å²) in [5.74, 6) is -1.18. The zero-order valence-electron chi connectivity index (χ0n) is 17.4. The van der Waals surface area contributed by atoms with Gasteiger partial charge in [-0.2, -0.15) is 0 Å². The van der Waals surface area contributed by atoms with Crippen LogP contribution in [0.4, 0.5) is 17.1 Å². The number of nitrogens with one attached hydrogen (secondary N) is 3. The molecule has 0 atom stereocenters. The highest BCUT2D eigenvalue weighted by atomic mass is 32.2. The molecule has 0 saturated heterocycles. The summed E-state index contributed by atoms with van der Waals surface area (Å²) in [6, 6.07) is 17.6. The Morgan fingerprint density at radius 2 is 1.61 bits per heavy atom. The van der Waals surface area contributed by atoms with Gasteiger partial charge < -0.3 is 10.6 Å². The number of nitrogens with zero attached hydrogens (tertiary/aromatic N) is 1. The molecule has 0 unspecified atom stereocenters. The van der Waals surface area contributed by atoms with Crippen molar-refractivity contribution >= 4 is 38.9 Å². The highest BCUT2D eigenvalue weighted by Gasteiger charge is 2.19. The van der Waals surface area contributed by atoms with Gasteiger partial charge >= 0.3 is 0 Å². The molecule has 2 amide bonds. The molecule has 0 aliphatic rings. The van der Waals surface area contributed by atoms with E-state index in [1.807, 2.05) is 4.72 Å². The Morgan fingerprint density at radius 3 is 2.21 bits per heavy atom. The molecule has 3 rings (SSSR count). The van der Waals surface area contributed by atoms with Crippen LogP contribution in [0.25, 0.3) is 0 Å². The van der Waals surface area contributed by atoms with Gasteiger partial charge in [0.15, 0.2) is 0 Å². The number of benzene rings is 3. The minimum absolute atomic E-state index is 0.0454. The average molecular weight is 468 g/mol. The minimum atomic E-state index is -4.06. The number of sulfonamides is 1. The van der Waals surface area contributed by atoms with Crippen molar-refractivity contribution in [2.75, 3.05) is 10.6 Å². The summed E-state index contributed by atoms with van der Waals surface area (Å²) >= 11 is 0. The maximum atomic E-state index is 12.6. The van der Waals surface area contributed by atoms with Crippen molar-refractivity contribution in [3.05, 3.63) is 94.0 Å². The number of amides is 2. The molecule has 33 heavy (non-hydrogen) atoms. The largest absolute Gasteiger partial charge is 0.379 e. The third-order valence-corrected chi connectivity index (χ3v) is 5.85. The van der Waals surface area contributed by atoms with Crippen molar-refractivity contribution < 1.29 is 22.9 Å². The van der Waals surface area contributed by atoms with Gasteiger partial charge in [0.05, 0.1) is 21.2 Å². The first kappa shape index (κ1) is 23.4. The van der Waals surface area contributed by atoms with Crippen LogP contribution in [0, 0.1) is 10.1 Å². The average Bonchev–Trinajstić information content (AvgIpc) is 2.78. The van der Waals surface area contributed by atoms with Gasteiger partial charge in [-0.3, -0.25) is 19.7 Å². The van der Waals surface area contributed by atoms with Crippen molar-refractivity contribution in [2.24, 2.45) is 0 Å². The standard InChI is InChI=1S/C22H20N4O6S/c1-15(27)24-20-12-9-17(22(28)25-33(31,32)19-5-3-2-4-6-19)13-21(20)23-14-16-7-10-18(11-8-16)26(29)30/h2-13,23H,14H2,1H3,(H,24,27)(H,25,28). The Balaban J connectivity index is 1.82. The Hall–Kier alpha value is -4.25. The lowest BCUT2D eigenvalue weighted by Crippen LogP contribution is -2.30. The van der Waals surface area contributed by atoms with E-state index in [1.165, 1.54) is 49.4 Å². The fourth-order valence-electron chi connectivity index (χ4n) is 2.90. The van der Waals surface area contributed by atoms with Gasteiger partial charge in [0.2, 0.25) is 5.91 Å². The number of nitro benzene ring substituents is 1. The van der Waals surface area contributed by atoms with Crippen LogP contribution in [-0.4, -0.2) is 25.2 Å². The Bertz CT molecular complexity index is 1290. The van der Waals surface area contributed by atoms with Crippen LogP contribution < -0.4 is 15.4 Å². The van der Waals surface area contributed by atoms with Crippen molar-refractivity contribution in [3.8, 4) is 0 Å². The predicted octanol–water partition coefficient (Wildman–Crippen LogP) is 3.28. The van der Waals surface area contributed by atoms with E-state index in [0.717, 1.165) is 5.56 Å². The Kier molecular flexibility index (Phi) is 7.04. The molecule has 170 valence electrons. The molecule has 10 nitrogen and oxygen atoms in total. The molecule has 0 spiro atoms. The van der Waals surface area contributed by atoms with Crippen LogP contribution >= 0.6 is 0 Å². The zero-order valence-corrected chi connectivity index (χ0v) is 18.3. The number of hydrogen-bond donors (Lipinski definition) is 3. The summed E-state index contributed by atoms with van der Waals surface area (Å²) in [4.78, 5) is 34.4. The first-order chi connectivity index (χ1) is 15.7. The molecule has 0 saturated carbocycles. The summed E-state index contributed by atoms with van der Waals surface area (Å²) < 4.78 is 26.9. The summed E-state index contributed by atoms with van der Waals surface area (Å²) in [5, 5.41) is 16.5. The molecular weight excluding hydrogens is 448 g/mol. The number of hydrogen-bond acceptors (Lipinski definition) is 7. The van der Waals surface area contributed by atoms with Crippen LogP contribution in [0.2, 0.25) is 0 Å². The molecular formula is C22H20N4O6S. The lowest BCUT2D eigenvalue weighted by atomic mass is 10.1. The van der Waals surface area contributed by atoms with E-state index in [9.17, 15) is 28.1 Å². The monoisotopic (exact) mass is 468 g/mol. The van der Waals surface area contributed by atoms with Crippen LogP contribution in [0.3, 0.4) is 0 Å². The highest BCUT2D eigenvalue weighted by molar-refractivity contribution is 7.90. The molecule has 3 aromatic carbocycles. The first-order valence-corrected chi connectivity index (χ1v) is 11.1. The van der Waals surface area contributed by atoms with E-state index in [1.54, 1.807) is 30.3 Å². The highest BCUT2D eigenvalue weighted by Crippen LogP contribution is 2.25. The van der Waals surface area contributed by atoms with E-state index >= 15 is 0 Å². The zero-order chi connectivity index (χ0) is 24.0. The molecule has 0 aliphatic carbocycles. The molecule has 11 heteroatoms. The Morgan fingerprint density at radius 1 is 0.939 bits per heavy atom. The summed E-state index contributed by atoms with van der Waals surface area (Å²) in [6.07, 6.45) is 0. The number of anilines is 2. The van der Waals surface area contributed by atoms with Crippen molar-refractivity contribution in [2.45, 2.75) is 18.4 Å². The van der Waals surface area contributed by atoms with E-state index in [4.69, 9.17) is 0 Å². The second-order valence-electron chi connectivity index (χ2n) is 6.97. The number of non-ortho nitro benzene ring substituents is 1. The number of nitro groups is 1. The SMILES string of the molecule is CC(=O)Nc1ccc(C(=O)NS(=O)(=O)c2ccccc2)cc1NCc1ccc([N+](=O)[O-])cc1. The number of carbonyl (C=O) groups excluding carboxylic acids is 2. The van der Waals surface area contributed by atoms with Gasteiger partial charge in [0.25, 0.3) is 21.6 Å². The van der Waals surface area contributed by atoms with Crippen molar-refractivity contribution in [1.29, 1.82) is 0 Å². The third kappa shape index (κ3) is 6.14. The molecule has 0 heterocycles. The molecule has 0 radical (unpaired) electrons. The molecule has 0 aliphatic heterocycles. The fraction of sp³-hybridized carbons (Fsp3) is 0.0909. The van der Waals surface area contributed by atoms with Crippen molar-refractivity contribution in [1.82, 2.24) is 4.72 Å². The smallest absolute Gasteiger partial charge is 0.269 e. The van der Waals surface area contributed by atoms with Gasteiger partial charge in [-0.1, -0.05) is 30.3 Å². The summed E-state index contributed by atoms with van der Waals surface area (Å²) in [7, 11) is -4.06. The lowest BCUT2D eigenvalue weighted by molar-refractivity contribution is -0.384. The quantitative estimate of drug-likeness (QED) is 0.339.